The van der Waals surface area contributed by atoms with Crippen LogP contribution in [0.4, 0.5) is 0 Å². The first-order chi connectivity index (χ1) is 7.79. The molecule has 1 aromatic heterocycles. The molecule has 0 fully saturated rings. The molecule has 3 nitrogen and oxygen atoms in total. The van der Waals surface area contributed by atoms with Crippen LogP contribution >= 0.6 is 15.9 Å². The maximum absolute atomic E-state index is 5.55. The van der Waals surface area contributed by atoms with Crippen LogP contribution in [0.15, 0.2) is 51.7 Å². The summed E-state index contributed by atoms with van der Waals surface area (Å²) >= 11 is 3.45. The zero-order chi connectivity index (χ0) is 11.4. The first kappa shape index (κ1) is 11.4. The van der Waals surface area contributed by atoms with E-state index >= 15 is 0 Å². The standard InChI is InChI=1S/C12H13BrN2O/c13-11-3-1-2-9(6-11)7-12(15-14)10-4-5-16-8-10/h1-6,8,12,15H,7,14H2. The number of nitrogens with one attached hydrogen (secondary N) is 1. The molecule has 1 heterocycles. The van der Waals surface area contributed by atoms with Crippen molar-refractivity contribution in [1.29, 1.82) is 0 Å². The first-order valence-electron chi connectivity index (χ1n) is 5.02. The molecule has 0 saturated heterocycles. The van der Waals surface area contributed by atoms with Crippen molar-refractivity contribution in [1.82, 2.24) is 5.43 Å². The van der Waals surface area contributed by atoms with E-state index in [0.717, 1.165) is 16.5 Å². The Labute approximate surface area is 103 Å². The van der Waals surface area contributed by atoms with Gasteiger partial charge in [0.2, 0.25) is 0 Å². The number of halogens is 1. The van der Waals surface area contributed by atoms with Gasteiger partial charge in [0, 0.05) is 10.0 Å². The molecule has 0 saturated carbocycles. The summed E-state index contributed by atoms with van der Waals surface area (Å²) in [5.41, 5.74) is 5.08. The van der Waals surface area contributed by atoms with Crippen LogP contribution in [-0.2, 0) is 6.42 Å². The number of hydrogen-bond donors (Lipinski definition) is 2. The minimum absolute atomic E-state index is 0.0769. The summed E-state index contributed by atoms with van der Waals surface area (Å²) < 4.78 is 6.13. The van der Waals surface area contributed by atoms with E-state index in [4.69, 9.17) is 10.3 Å². The smallest absolute Gasteiger partial charge is 0.0950 e. The number of rotatable bonds is 4. The quantitative estimate of drug-likeness (QED) is 0.669. The van der Waals surface area contributed by atoms with Crippen molar-refractivity contribution in [3.8, 4) is 0 Å². The highest BCUT2D eigenvalue weighted by molar-refractivity contribution is 9.10. The van der Waals surface area contributed by atoms with E-state index in [-0.39, 0.29) is 6.04 Å². The number of hydrogen-bond acceptors (Lipinski definition) is 3. The Morgan fingerprint density at radius 3 is 2.88 bits per heavy atom. The van der Waals surface area contributed by atoms with Gasteiger partial charge in [-0.05, 0) is 30.2 Å². The van der Waals surface area contributed by atoms with Gasteiger partial charge in [-0.15, -0.1) is 0 Å². The Morgan fingerprint density at radius 2 is 2.25 bits per heavy atom. The second-order valence-corrected chi connectivity index (χ2v) is 4.53. The zero-order valence-corrected chi connectivity index (χ0v) is 10.3. The van der Waals surface area contributed by atoms with E-state index in [1.54, 1.807) is 12.5 Å². The molecule has 0 spiro atoms. The Balaban J connectivity index is 2.13. The summed E-state index contributed by atoms with van der Waals surface area (Å²) in [5, 5.41) is 0. The maximum atomic E-state index is 5.55. The topological polar surface area (TPSA) is 51.2 Å². The molecule has 0 aliphatic rings. The zero-order valence-electron chi connectivity index (χ0n) is 8.69. The number of benzene rings is 1. The molecule has 1 atom stereocenters. The van der Waals surface area contributed by atoms with Crippen LogP contribution in [0.1, 0.15) is 17.2 Å². The number of hydrazine groups is 1. The second kappa shape index (κ2) is 5.30. The van der Waals surface area contributed by atoms with Crippen LogP contribution in [0.2, 0.25) is 0 Å². The van der Waals surface area contributed by atoms with E-state index in [1.807, 2.05) is 18.2 Å². The third-order valence-corrected chi connectivity index (χ3v) is 2.97. The van der Waals surface area contributed by atoms with Crippen molar-refractivity contribution >= 4 is 15.9 Å². The average Bonchev–Trinajstić information content (AvgIpc) is 2.79. The molecular formula is C12H13BrN2O. The highest BCUT2D eigenvalue weighted by atomic mass is 79.9. The van der Waals surface area contributed by atoms with Gasteiger partial charge in [-0.2, -0.15) is 0 Å². The van der Waals surface area contributed by atoms with Gasteiger partial charge in [0.1, 0.15) is 0 Å². The molecule has 4 heteroatoms. The Hall–Kier alpha value is -1.10. The lowest BCUT2D eigenvalue weighted by atomic mass is 10.0. The SMILES string of the molecule is NNC(Cc1cccc(Br)c1)c1ccoc1. The first-order valence-corrected chi connectivity index (χ1v) is 5.81. The predicted octanol–water partition coefficient (Wildman–Crippen LogP) is 2.79. The molecule has 0 aliphatic carbocycles. The van der Waals surface area contributed by atoms with Gasteiger partial charge in [0.25, 0.3) is 0 Å². The van der Waals surface area contributed by atoms with Crippen LogP contribution in [0.5, 0.6) is 0 Å². The summed E-state index contributed by atoms with van der Waals surface area (Å²) in [6, 6.07) is 10.2. The number of nitrogens with two attached hydrogens (primary N) is 1. The van der Waals surface area contributed by atoms with Gasteiger partial charge >= 0.3 is 0 Å². The van der Waals surface area contributed by atoms with Gasteiger partial charge in [-0.25, -0.2) is 0 Å². The fourth-order valence-electron chi connectivity index (χ4n) is 1.65. The van der Waals surface area contributed by atoms with Gasteiger partial charge in [0.15, 0.2) is 0 Å². The van der Waals surface area contributed by atoms with E-state index in [9.17, 15) is 0 Å². The van der Waals surface area contributed by atoms with Crippen LogP contribution < -0.4 is 11.3 Å². The lowest BCUT2D eigenvalue weighted by Crippen LogP contribution is -2.29. The summed E-state index contributed by atoms with van der Waals surface area (Å²) in [6.07, 6.45) is 4.19. The van der Waals surface area contributed by atoms with E-state index in [1.165, 1.54) is 5.56 Å². The van der Waals surface area contributed by atoms with Crippen LogP contribution in [-0.4, -0.2) is 0 Å². The highest BCUT2D eigenvalue weighted by Crippen LogP contribution is 2.20. The molecule has 3 N–H and O–H groups in total. The average molecular weight is 281 g/mol. The molecule has 1 unspecified atom stereocenters. The van der Waals surface area contributed by atoms with Crippen molar-refractivity contribution in [2.24, 2.45) is 5.84 Å². The summed E-state index contributed by atoms with van der Waals surface area (Å²) in [6.45, 7) is 0. The molecule has 0 aliphatic heterocycles. The van der Waals surface area contributed by atoms with Crippen molar-refractivity contribution in [3.05, 3.63) is 58.5 Å². The lowest BCUT2D eigenvalue weighted by Gasteiger charge is -2.14. The third-order valence-electron chi connectivity index (χ3n) is 2.48. The van der Waals surface area contributed by atoms with Crippen molar-refractivity contribution in [3.63, 3.8) is 0 Å². The van der Waals surface area contributed by atoms with Crippen LogP contribution in [0, 0.1) is 0 Å². The highest BCUT2D eigenvalue weighted by Gasteiger charge is 2.11. The van der Waals surface area contributed by atoms with Crippen LogP contribution in [0.3, 0.4) is 0 Å². The van der Waals surface area contributed by atoms with Crippen molar-refractivity contribution in [2.45, 2.75) is 12.5 Å². The molecule has 2 aromatic rings. The summed E-state index contributed by atoms with van der Waals surface area (Å²) in [7, 11) is 0. The fraction of sp³-hybridized carbons (Fsp3) is 0.167. The van der Waals surface area contributed by atoms with Crippen LogP contribution in [0.25, 0.3) is 0 Å². The predicted molar refractivity (Wildman–Crippen MR) is 66.6 cm³/mol. The molecular weight excluding hydrogens is 268 g/mol. The summed E-state index contributed by atoms with van der Waals surface area (Å²) in [4.78, 5) is 0. The van der Waals surface area contributed by atoms with E-state index in [0.29, 0.717) is 0 Å². The minimum Gasteiger partial charge on any atom is -0.472 e. The molecule has 1 aromatic carbocycles. The Bertz CT molecular complexity index is 442. The van der Waals surface area contributed by atoms with Crippen molar-refractivity contribution in [2.75, 3.05) is 0 Å². The molecule has 2 rings (SSSR count). The Kier molecular flexibility index (Phi) is 3.77. The maximum Gasteiger partial charge on any atom is 0.0950 e. The molecule has 0 amide bonds. The van der Waals surface area contributed by atoms with Gasteiger partial charge < -0.3 is 4.42 Å². The lowest BCUT2D eigenvalue weighted by molar-refractivity contribution is 0.525. The third kappa shape index (κ3) is 2.72. The normalized spacial score (nSPS) is 12.6. The number of furan rings is 1. The fourth-order valence-corrected chi connectivity index (χ4v) is 2.09. The van der Waals surface area contributed by atoms with Crippen molar-refractivity contribution < 1.29 is 4.42 Å². The minimum atomic E-state index is 0.0769. The largest absolute Gasteiger partial charge is 0.472 e. The van der Waals surface area contributed by atoms with E-state index in [2.05, 4.69) is 33.5 Å². The molecule has 16 heavy (non-hydrogen) atoms. The van der Waals surface area contributed by atoms with Gasteiger partial charge in [0.05, 0.1) is 18.6 Å². The Morgan fingerprint density at radius 1 is 1.38 bits per heavy atom. The molecule has 0 radical (unpaired) electrons. The van der Waals surface area contributed by atoms with Gasteiger partial charge in [-0.3, -0.25) is 11.3 Å². The molecule has 0 bridgehead atoms. The second-order valence-electron chi connectivity index (χ2n) is 3.61. The van der Waals surface area contributed by atoms with Gasteiger partial charge in [-0.1, -0.05) is 28.1 Å². The monoisotopic (exact) mass is 280 g/mol. The summed E-state index contributed by atoms with van der Waals surface area (Å²) in [5.74, 6) is 5.55. The molecule has 84 valence electrons. The van der Waals surface area contributed by atoms with E-state index < -0.39 is 0 Å².